The molecule has 33 heavy (non-hydrogen) atoms. The van der Waals surface area contributed by atoms with Crippen molar-refractivity contribution < 1.29 is 18.9 Å². The first kappa shape index (κ1) is 23.3. The highest BCUT2D eigenvalue weighted by molar-refractivity contribution is 7.98. The van der Waals surface area contributed by atoms with Gasteiger partial charge in [-0.1, -0.05) is 54.4 Å². The summed E-state index contributed by atoms with van der Waals surface area (Å²) in [5.41, 5.74) is 3.60. The second kappa shape index (κ2) is 10.4. The van der Waals surface area contributed by atoms with Gasteiger partial charge in [-0.05, 0) is 30.5 Å². The second-order valence-corrected chi connectivity index (χ2v) is 9.59. The van der Waals surface area contributed by atoms with Gasteiger partial charge < -0.3 is 18.9 Å². The van der Waals surface area contributed by atoms with Crippen LogP contribution in [0.1, 0.15) is 29.5 Å². The SMILES string of the molecule is COc1ccc(CN(Cc2ccc(OC)cc2OC)SC2(c3ccccc3)CC2)c(OC)c1. The molecule has 0 unspecified atom stereocenters. The number of nitrogens with zero attached hydrogens (tertiary/aromatic N) is 1. The van der Waals surface area contributed by atoms with Crippen molar-refractivity contribution in [3.8, 4) is 23.0 Å². The molecule has 0 N–H and O–H groups in total. The first-order chi connectivity index (χ1) is 16.1. The number of ether oxygens (including phenoxy) is 4. The highest BCUT2D eigenvalue weighted by Gasteiger charge is 2.46. The molecule has 0 atom stereocenters. The molecular formula is C27H31NO4S. The van der Waals surface area contributed by atoms with Crippen molar-refractivity contribution in [3.05, 3.63) is 83.4 Å². The molecule has 0 spiro atoms. The van der Waals surface area contributed by atoms with E-state index in [4.69, 9.17) is 18.9 Å². The van der Waals surface area contributed by atoms with E-state index in [2.05, 4.69) is 46.8 Å². The summed E-state index contributed by atoms with van der Waals surface area (Å²) in [7, 11) is 6.75. The smallest absolute Gasteiger partial charge is 0.127 e. The standard InChI is InChI=1S/C27H31NO4S/c1-29-23-12-10-20(25(16-23)31-3)18-28(19-21-11-13-24(30-2)17-26(21)32-4)33-27(14-15-27)22-8-6-5-7-9-22/h5-13,16-17H,14-15,18-19H2,1-4H3. The quantitative estimate of drug-likeness (QED) is 0.321. The highest BCUT2D eigenvalue weighted by Crippen LogP contribution is 2.58. The number of hydrogen-bond donors (Lipinski definition) is 0. The van der Waals surface area contributed by atoms with Crippen LogP contribution in [-0.2, 0) is 17.8 Å². The van der Waals surface area contributed by atoms with Crippen molar-refractivity contribution in [1.82, 2.24) is 4.31 Å². The zero-order valence-electron chi connectivity index (χ0n) is 19.7. The van der Waals surface area contributed by atoms with Gasteiger partial charge in [-0.3, -0.25) is 0 Å². The zero-order chi connectivity index (χ0) is 23.3. The molecule has 0 aromatic heterocycles. The summed E-state index contributed by atoms with van der Waals surface area (Å²) in [6.07, 6.45) is 2.33. The van der Waals surface area contributed by atoms with E-state index in [9.17, 15) is 0 Å². The zero-order valence-corrected chi connectivity index (χ0v) is 20.5. The van der Waals surface area contributed by atoms with E-state index < -0.39 is 0 Å². The average molecular weight is 466 g/mol. The van der Waals surface area contributed by atoms with Gasteiger partial charge in [-0.15, -0.1) is 0 Å². The van der Waals surface area contributed by atoms with E-state index in [0.29, 0.717) is 0 Å². The maximum absolute atomic E-state index is 5.69. The van der Waals surface area contributed by atoms with E-state index >= 15 is 0 Å². The van der Waals surface area contributed by atoms with Crippen molar-refractivity contribution in [3.63, 3.8) is 0 Å². The fourth-order valence-corrected chi connectivity index (χ4v) is 5.43. The Kier molecular flexibility index (Phi) is 7.36. The summed E-state index contributed by atoms with van der Waals surface area (Å²) < 4.78 is 24.7. The molecule has 0 radical (unpaired) electrons. The summed E-state index contributed by atoms with van der Waals surface area (Å²) in [5.74, 6) is 3.22. The maximum Gasteiger partial charge on any atom is 0.127 e. The summed E-state index contributed by atoms with van der Waals surface area (Å²) in [6.45, 7) is 1.45. The van der Waals surface area contributed by atoms with Crippen molar-refractivity contribution in [2.24, 2.45) is 0 Å². The Labute approximate surface area is 200 Å². The maximum atomic E-state index is 5.69. The fourth-order valence-electron chi connectivity index (χ4n) is 4.00. The predicted octanol–water partition coefficient (Wildman–Crippen LogP) is 6.06. The molecule has 3 aromatic carbocycles. The Bertz CT molecular complexity index is 1010. The molecular weight excluding hydrogens is 434 g/mol. The van der Waals surface area contributed by atoms with Crippen LogP contribution in [-0.4, -0.2) is 32.7 Å². The van der Waals surface area contributed by atoms with E-state index in [0.717, 1.165) is 60.1 Å². The van der Waals surface area contributed by atoms with Gasteiger partial charge in [0.1, 0.15) is 23.0 Å². The monoisotopic (exact) mass is 465 g/mol. The summed E-state index contributed by atoms with van der Waals surface area (Å²) in [4.78, 5) is 0. The summed E-state index contributed by atoms with van der Waals surface area (Å²) in [6, 6.07) is 22.8. The summed E-state index contributed by atoms with van der Waals surface area (Å²) in [5, 5.41) is 0. The van der Waals surface area contributed by atoms with Crippen LogP contribution in [0.4, 0.5) is 0 Å². The molecule has 5 nitrogen and oxygen atoms in total. The summed E-state index contributed by atoms with van der Waals surface area (Å²) >= 11 is 1.92. The highest BCUT2D eigenvalue weighted by atomic mass is 32.2. The third-order valence-electron chi connectivity index (χ3n) is 5.99. The minimum absolute atomic E-state index is 0.112. The van der Waals surface area contributed by atoms with Gasteiger partial charge in [0, 0.05) is 36.3 Å². The molecule has 1 saturated carbocycles. The number of hydrogen-bond acceptors (Lipinski definition) is 6. The van der Waals surface area contributed by atoms with Gasteiger partial charge in [-0.25, -0.2) is 4.31 Å². The van der Waals surface area contributed by atoms with E-state index in [-0.39, 0.29) is 4.75 Å². The van der Waals surface area contributed by atoms with E-state index in [1.807, 2.05) is 36.2 Å². The van der Waals surface area contributed by atoms with Crippen LogP contribution in [0.2, 0.25) is 0 Å². The van der Waals surface area contributed by atoms with E-state index in [1.54, 1.807) is 28.4 Å². The lowest BCUT2D eigenvalue weighted by Gasteiger charge is -2.28. The lowest BCUT2D eigenvalue weighted by atomic mass is 10.1. The van der Waals surface area contributed by atoms with Crippen LogP contribution in [0.15, 0.2) is 66.7 Å². The minimum atomic E-state index is 0.112. The third-order valence-corrected chi connectivity index (χ3v) is 7.50. The molecule has 6 heteroatoms. The lowest BCUT2D eigenvalue weighted by Crippen LogP contribution is -2.20. The van der Waals surface area contributed by atoms with Gasteiger partial charge in [0.15, 0.2) is 0 Å². The van der Waals surface area contributed by atoms with Crippen LogP contribution >= 0.6 is 11.9 Å². The van der Waals surface area contributed by atoms with Crippen LogP contribution < -0.4 is 18.9 Å². The van der Waals surface area contributed by atoms with Gasteiger partial charge in [-0.2, -0.15) is 0 Å². The Hall–Kier alpha value is -2.83. The van der Waals surface area contributed by atoms with Gasteiger partial charge in [0.05, 0.1) is 33.2 Å². The van der Waals surface area contributed by atoms with Crippen LogP contribution in [0, 0.1) is 0 Å². The average Bonchev–Trinajstić information content (AvgIpc) is 3.65. The number of methoxy groups -OCH3 is 4. The molecule has 0 bridgehead atoms. The van der Waals surface area contributed by atoms with Crippen molar-refractivity contribution >= 4 is 11.9 Å². The van der Waals surface area contributed by atoms with Crippen LogP contribution in [0.5, 0.6) is 23.0 Å². The first-order valence-corrected chi connectivity index (χ1v) is 11.8. The Morgan fingerprint density at radius 1 is 0.697 bits per heavy atom. The van der Waals surface area contributed by atoms with Crippen molar-refractivity contribution in [2.45, 2.75) is 30.7 Å². The van der Waals surface area contributed by atoms with Crippen LogP contribution in [0.3, 0.4) is 0 Å². The van der Waals surface area contributed by atoms with E-state index in [1.165, 1.54) is 5.56 Å². The molecule has 1 aliphatic rings. The predicted molar refractivity (Wildman–Crippen MR) is 133 cm³/mol. The second-order valence-electron chi connectivity index (χ2n) is 8.11. The topological polar surface area (TPSA) is 40.2 Å². The normalized spacial score (nSPS) is 14.1. The van der Waals surface area contributed by atoms with Gasteiger partial charge in [0.2, 0.25) is 0 Å². The molecule has 1 fully saturated rings. The molecule has 0 saturated heterocycles. The Morgan fingerprint density at radius 3 is 1.64 bits per heavy atom. The lowest BCUT2D eigenvalue weighted by molar-refractivity contribution is 0.371. The van der Waals surface area contributed by atoms with Crippen molar-refractivity contribution in [1.29, 1.82) is 0 Å². The van der Waals surface area contributed by atoms with Gasteiger partial charge in [0.25, 0.3) is 0 Å². The molecule has 4 rings (SSSR count). The minimum Gasteiger partial charge on any atom is -0.497 e. The molecule has 1 aliphatic carbocycles. The van der Waals surface area contributed by atoms with Gasteiger partial charge >= 0.3 is 0 Å². The van der Waals surface area contributed by atoms with Crippen LogP contribution in [0.25, 0.3) is 0 Å². The Morgan fingerprint density at radius 2 is 1.21 bits per heavy atom. The number of benzene rings is 3. The number of rotatable bonds is 11. The Balaban J connectivity index is 1.64. The molecule has 174 valence electrons. The molecule has 0 amide bonds. The largest absolute Gasteiger partial charge is 0.497 e. The third kappa shape index (κ3) is 5.40. The first-order valence-electron chi connectivity index (χ1n) is 11.0. The molecule has 0 heterocycles. The molecule has 3 aromatic rings. The molecule has 0 aliphatic heterocycles. The fraction of sp³-hybridized carbons (Fsp3) is 0.333. The van der Waals surface area contributed by atoms with Crippen molar-refractivity contribution in [2.75, 3.05) is 28.4 Å².